The zero-order valence-electron chi connectivity index (χ0n) is 13.4. The minimum atomic E-state index is -0.594. The molecule has 5 heteroatoms. The van der Waals surface area contributed by atoms with Crippen LogP contribution in [0, 0.1) is 34.5 Å². The van der Waals surface area contributed by atoms with Gasteiger partial charge < -0.3 is 15.7 Å². The van der Waals surface area contributed by atoms with E-state index in [1.165, 1.54) is 6.42 Å². The predicted octanol–water partition coefficient (Wildman–Crippen LogP) is 1.16. The number of aliphatic hydroxyl groups is 1. The van der Waals surface area contributed by atoms with Crippen LogP contribution in [-0.4, -0.2) is 39.6 Å². The second-order valence-corrected chi connectivity index (χ2v) is 9.21. The summed E-state index contributed by atoms with van der Waals surface area (Å²) in [7, 11) is 0. The first-order valence-electron chi connectivity index (χ1n) is 9.13. The van der Waals surface area contributed by atoms with Gasteiger partial charge >= 0.3 is 0 Å². The molecule has 0 radical (unpaired) electrons. The molecule has 1 heterocycles. The van der Waals surface area contributed by atoms with Gasteiger partial charge in [-0.05, 0) is 74.5 Å². The molecule has 5 aliphatic carbocycles. The highest BCUT2D eigenvalue weighted by atomic mass is 16.3. The number of fused-ring (bicyclic) bond motifs is 1. The van der Waals surface area contributed by atoms with E-state index in [1.807, 2.05) is 0 Å². The van der Waals surface area contributed by atoms with Gasteiger partial charge in [-0.25, -0.2) is 0 Å². The Morgan fingerprint density at radius 3 is 2.52 bits per heavy atom. The minimum Gasteiger partial charge on any atom is -0.390 e. The summed E-state index contributed by atoms with van der Waals surface area (Å²) in [5.41, 5.74) is 5.71. The molecule has 0 aromatic rings. The molecule has 0 spiro atoms. The fourth-order valence-corrected chi connectivity index (χ4v) is 6.96. The third kappa shape index (κ3) is 1.88. The van der Waals surface area contributed by atoms with Crippen molar-refractivity contribution >= 4 is 5.91 Å². The van der Waals surface area contributed by atoms with E-state index in [9.17, 15) is 15.2 Å². The number of hydrogen-bond donors (Lipinski definition) is 2. The Morgan fingerprint density at radius 2 is 1.91 bits per heavy atom. The van der Waals surface area contributed by atoms with Crippen molar-refractivity contribution in [2.75, 3.05) is 0 Å². The number of piperidine rings is 1. The molecule has 23 heavy (non-hydrogen) atoms. The van der Waals surface area contributed by atoms with Crippen molar-refractivity contribution in [1.29, 1.82) is 5.26 Å². The van der Waals surface area contributed by atoms with E-state index in [-0.39, 0.29) is 23.4 Å². The fraction of sp³-hybridized carbons (Fsp3) is 0.889. The predicted molar refractivity (Wildman–Crippen MR) is 82.8 cm³/mol. The molecule has 1 saturated heterocycles. The minimum absolute atomic E-state index is 0.0212. The zero-order valence-corrected chi connectivity index (χ0v) is 13.4. The van der Waals surface area contributed by atoms with E-state index in [4.69, 9.17) is 5.73 Å². The third-order valence-corrected chi connectivity index (χ3v) is 7.51. The average molecular weight is 315 g/mol. The molecule has 3 N–H and O–H groups in total. The second-order valence-electron chi connectivity index (χ2n) is 9.21. The Hall–Kier alpha value is -1.12. The van der Waals surface area contributed by atoms with Gasteiger partial charge in [0.15, 0.2) is 0 Å². The Labute approximate surface area is 136 Å². The monoisotopic (exact) mass is 315 g/mol. The number of amides is 1. The molecule has 0 aromatic carbocycles. The first-order chi connectivity index (χ1) is 10.9. The molecule has 5 nitrogen and oxygen atoms in total. The molecule has 1 amide bonds. The van der Waals surface area contributed by atoms with Gasteiger partial charge in [0.2, 0.25) is 5.91 Å². The number of likely N-dealkylation sites (tertiary alicyclic amines) is 1. The van der Waals surface area contributed by atoms with Crippen molar-refractivity contribution < 1.29 is 9.90 Å². The van der Waals surface area contributed by atoms with Crippen LogP contribution >= 0.6 is 0 Å². The van der Waals surface area contributed by atoms with Crippen LogP contribution in [0.25, 0.3) is 0 Å². The van der Waals surface area contributed by atoms with Gasteiger partial charge in [-0.2, -0.15) is 5.26 Å². The molecule has 0 aromatic heterocycles. The van der Waals surface area contributed by atoms with Gasteiger partial charge in [-0.1, -0.05) is 0 Å². The van der Waals surface area contributed by atoms with E-state index in [2.05, 4.69) is 6.07 Å². The number of hydrogen-bond acceptors (Lipinski definition) is 4. The highest BCUT2D eigenvalue weighted by Gasteiger charge is 2.62. The van der Waals surface area contributed by atoms with E-state index in [0.717, 1.165) is 38.5 Å². The number of nitrogens with zero attached hydrogens (tertiary/aromatic N) is 2. The lowest BCUT2D eigenvalue weighted by atomic mass is 9.46. The van der Waals surface area contributed by atoms with E-state index < -0.39 is 11.6 Å². The average Bonchev–Trinajstić information content (AvgIpc) is 3.14. The summed E-state index contributed by atoms with van der Waals surface area (Å²) >= 11 is 0. The van der Waals surface area contributed by atoms with Crippen molar-refractivity contribution in [3.63, 3.8) is 0 Å². The van der Waals surface area contributed by atoms with Gasteiger partial charge in [-0.15, -0.1) is 0 Å². The van der Waals surface area contributed by atoms with Crippen LogP contribution in [0.3, 0.4) is 0 Å². The molecule has 6 aliphatic rings. The van der Waals surface area contributed by atoms with Crippen molar-refractivity contribution in [3.05, 3.63) is 0 Å². The molecule has 1 aliphatic heterocycles. The lowest BCUT2D eigenvalue weighted by molar-refractivity contribution is -0.177. The topological polar surface area (TPSA) is 90.4 Å². The van der Waals surface area contributed by atoms with Crippen LogP contribution in [0.2, 0.25) is 0 Å². The molecule has 5 saturated carbocycles. The van der Waals surface area contributed by atoms with Crippen molar-refractivity contribution in [2.24, 2.45) is 28.9 Å². The molecular weight excluding hydrogens is 290 g/mol. The number of carbonyl (C=O) groups is 1. The Bertz CT molecular complexity index is 598. The number of nitriles is 1. The highest BCUT2D eigenvalue weighted by molar-refractivity contribution is 5.84. The molecule has 6 atom stereocenters. The van der Waals surface area contributed by atoms with Crippen LogP contribution in [0.1, 0.15) is 51.4 Å². The maximum Gasteiger partial charge on any atom is 0.241 e. The lowest BCUT2D eigenvalue weighted by Crippen LogP contribution is -2.64. The summed E-state index contributed by atoms with van der Waals surface area (Å²) in [5.74, 6) is 1.56. The SMILES string of the molecule is N#CC1C[C@@H]2C[C@@H]2N1C(=O)[C@@H](N)C12CC3CC(CC(O)(C3)C1)C2. The van der Waals surface area contributed by atoms with Crippen LogP contribution in [-0.2, 0) is 4.79 Å². The van der Waals surface area contributed by atoms with Gasteiger partial charge in [0, 0.05) is 6.04 Å². The standard InChI is InChI=1S/C18H25N3O2/c19-8-13-2-12-3-14(12)21(13)16(22)15(20)17-4-10-1-11(5-17)7-18(23,6-10)9-17/h10-15,23H,1-7,9,20H2/t10?,11?,12-,13?,14+,15-,17?,18?/m1/s1. The van der Waals surface area contributed by atoms with Crippen molar-refractivity contribution in [1.82, 2.24) is 4.90 Å². The van der Waals surface area contributed by atoms with Crippen LogP contribution in [0.15, 0.2) is 0 Å². The second kappa shape index (κ2) is 4.29. The Kier molecular flexibility index (Phi) is 2.65. The van der Waals surface area contributed by atoms with E-state index in [1.54, 1.807) is 4.90 Å². The van der Waals surface area contributed by atoms with E-state index >= 15 is 0 Å². The zero-order chi connectivity index (χ0) is 16.0. The molecular formula is C18H25N3O2. The van der Waals surface area contributed by atoms with E-state index in [0.29, 0.717) is 24.2 Å². The highest BCUT2D eigenvalue weighted by Crippen LogP contribution is 2.63. The number of rotatable bonds is 2. The molecule has 124 valence electrons. The quantitative estimate of drug-likeness (QED) is 0.800. The first kappa shape index (κ1) is 14.2. The van der Waals surface area contributed by atoms with Gasteiger partial charge in [0.1, 0.15) is 6.04 Å². The maximum atomic E-state index is 13.1. The molecule has 6 rings (SSSR count). The summed E-state index contributed by atoms with van der Waals surface area (Å²) < 4.78 is 0. The fourth-order valence-electron chi connectivity index (χ4n) is 6.96. The summed E-state index contributed by atoms with van der Waals surface area (Å²) in [6.45, 7) is 0. The van der Waals surface area contributed by atoms with Crippen LogP contribution in [0.4, 0.5) is 0 Å². The van der Waals surface area contributed by atoms with Gasteiger partial charge in [-0.3, -0.25) is 4.79 Å². The van der Waals surface area contributed by atoms with Gasteiger partial charge in [0.05, 0.1) is 17.7 Å². The smallest absolute Gasteiger partial charge is 0.241 e. The lowest BCUT2D eigenvalue weighted by Gasteiger charge is -2.61. The Balaban J connectivity index is 1.43. The summed E-state index contributed by atoms with van der Waals surface area (Å²) in [4.78, 5) is 14.9. The Morgan fingerprint density at radius 1 is 1.22 bits per heavy atom. The molecule has 3 unspecified atom stereocenters. The number of nitrogens with two attached hydrogens (primary N) is 1. The van der Waals surface area contributed by atoms with Crippen LogP contribution in [0.5, 0.6) is 0 Å². The van der Waals surface area contributed by atoms with Crippen molar-refractivity contribution in [2.45, 2.75) is 75.1 Å². The maximum absolute atomic E-state index is 13.1. The number of carbonyl (C=O) groups excluding carboxylic acids is 1. The molecule has 6 fully saturated rings. The van der Waals surface area contributed by atoms with Crippen molar-refractivity contribution in [3.8, 4) is 6.07 Å². The summed E-state index contributed by atoms with van der Waals surface area (Å²) in [5, 5.41) is 20.2. The van der Waals surface area contributed by atoms with Crippen LogP contribution < -0.4 is 5.73 Å². The summed E-state index contributed by atoms with van der Waals surface area (Å²) in [6, 6.07) is 1.72. The molecule has 4 bridgehead atoms. The van der Waals surface area contributed by atoms with Gasteiger partial charge in [0.25, 0.3) is 0 Å². The third-order valence-electron chi connectivity index (χ3n) is 7.51. The first-order valence-corrected chi connectivity index (χ1v) is 9.13. The summed E-state index contributed by atoms with van der Waals surface area (Å²) in [6.07, 6.45) is 7.48. The normalized spacial score (nSPS) is 53.8. The largest absolute Gasteiger partial charge is 0.390 e.